The zero-order valence-corrected chi connectivity index (χ0v) is 11.2. The first kappa shape index (κ1) is 12.4. The van der Waals surface area contributed by atoms with Crippen LogP contribution in [0.2, 0.25) is 0 Å². The second kappa shape index (κ2) is 4.69. The number of nitrogens with zero attached hydrogens (tertiary/aromatic N) is 1. The maximum atomic E-state index is 11.0. The van der Waals surface area contributed by atoms with Gasteiger partial charge in [-0.15, -0.1) is 0 Å². The van der Waals surface area contributed by atoms with Gasteiger partial charge in [-0.1, -0.05) is 0 Å². The summed E-state index contributed by atoms with van der Waals surface area (Å²) in [7, 11) is 1.67. The Morgan fingerprint density at radius 1 is 1.17 bits per heavy atom. The van der Waals surface area contributed by atoms with Crippen LogP contribution >= 0.6 is 0 Å². The molecule has 0 fully saturated rings. The highest BCUT2D eigenvalue weighted by atomic mass is 16.5. The highest BCUT2D eigenvalue weighted by Crippen LogP contribution is 2.24. The van der Waals surface area contributed by atoms with Crippen molar-refractivity contribution in [1.29, 1.82) is 0 Å². The number of aromatic nitrogens is 1. The second-order valence-corrected chi connectivity index (χ2v) is 4.43. The Kier molecular flexibility index (Phi) is 3.24. The molecule has 0 aliphatic heterocycles. The molecule has 0 saturated heterocycles. The molecule has 0 radical (unpaired) electrons. The predicted octanol–water partition coefficient (Wildman–Crippen LogP) is 3.22. The Balaban J connectivity index is 2.58. The lowest BCUT2D eigenvalue weighted by atomic mass is 10.2. The van der Waals surface area contributed by atoms with Crippen LogP contribution in [0.15, 0.2) is 24.3 Å². The maximum absolute atomic E-state index is 11.0. The van der Waals surface area contributed by atoms with Gasteiger partial charge in [0.2, 0.25) is 0 Å². The van der Waals surface area contributed by atoms with Gasteiger partial charge in [-0.05, 0) is 50.6 Å². The van der Waals surface area contributed by atoms with E-state index in [2.05, 4.69) is 10.6 Å². The molecule has 0 N–H and O–H groups in total. The van der Waals surface area contributed by atoms with Gasteiger partial charge < -0.3 is 9.30 Å². The Morgan fingerprint density at radius 2 is 1.89 bits per heavy atom. The van der Waals surface area contributed by atoms with Gasteiger partial charge in [0.25, 0.3) is 0 Å². The Morgan fingerprint density at radius 3 is 2.39 bits per heavy atom. The van der Waals surface area contributed by atoms with E-state index in [0.717, 1.165) is 40.2 Å². The number of hydrogen-bond acceptors (Lipinski definition) is 2. The summed E-state index contributed by atoms with van der Waals surface area (Å²) in [6, 6.07) is 7.92. The largest absolute Gasteiger partial charge is 0.496 e. The van der Waals surface area contributed by atoms with Crippen LogP contribution in [-0.2, 0) is 0 Å². The quantitative estimate of drug-likeness (QED) is 0.775. The van der Waals surface area contributed by atoms with E-state index in [1.807, 2.05) is 39.0 Å². The third kappa shape index (κ3) is 1.92. The van der Waals surface area contributed by atoms with Crippen molar-refractivity contribution in [3.05, 3.63) is 46.8 Å². The van der Waals surface area contributed by atoms with E-state index in [9.17, 15) is 4.79 Å². The van der Waals surface area contributed by atoms with Crippen molar-refractivity contribution in [1.82, 2.24) is 4.57 Å². The van der Waals surface area contributed by atoms with Crippen molar-refractivity contribution in [3.8, 4) is 11.4 Å². The van der Waals surface area contributed by atoms with Gasteiger partial charge in [0.05, 0.1) is 7.11 Å². The van der Waals surface area contributed by atoms with Crippen LogP contribution in [0.3, 0.4) is 0 Å². The fourth-order valence-electron chi connectivity index (χ4n) is 2.31. The summed E-state index contributed by atoms with van der Waals surface area (Å²) in [4.78, 5) is 11.0. The normalized spacial score (nSPS) is 10.4. The molecule has 0 saturated carbocycles. The topological polar surface area (TPSA) is 31.2 Å². The van der Waals surface area contributed by atoms with Crippen LogP contribution in [0.4, 0.5) is 0 Å². The maximum Gasteiger partial charge on any atom is 0.151 e. The van der Waals surface area contributed by atoms with Crippen molar-refractivity contribution >= 4 is 6.29 Å². The number of carbonyl (C=O) groups is 1. The number of hydrogen-bond donors (Lipinski definition) is 0. The van der Waals surface area contributed by atoms with Crippen molar-refractivity contribution < 1.29 is 9.53 Å². The number of methoxy groups -OCH3 is 1. The van der Waals surface area contributed by atoms with E-state index in [1.54, 1.807) is 7.11 Å². The average molecular weight is 243 g/mol. The predicted molar refractivity (Wildman–Crippen MR) is 71.9 cm³/mol. The number of aryl methyl sites for hydroxylation is 2. The molecule has 0 aliphatic carbocycles. The second-order valence-electron chi connectivity index (χ2n) is 4.43. The minimum absolute atomic E-state index is 0.737. The van der Waals surface area contributed by atoms with Crippen molar-refractivity contribution in [3.63, 3.8) is 0 Å². The van der Waals surface area contributed by atoms with Crippen molar-refractivity contribution in [2.75, 3.05) is 7.11 Å². The number of ether oxygens (including phenoxy) is 1. The van der Waals surface area contributed by atoms with Gasteiger partial charge in [0.1, 0.15) is 5.75 Å². The van der Waals surface area contributed by atoms with Crippen molar-refractivity contribution in [2.24, 2.45) is 0 Å². The first-order chi connectivity index (χ1) is 8.58. The Bertz CT molecular complexity index is 597. The summed E-state index contributed by atoms with van der Waals surface area (Å²) >= 11 is 0. The first-order valence-corrected chi connectivity index (χ1v) is 5.87. The molecule has 1 heterocycles. The highest BCUT2D eigenvalue weighted by Gasteiger charge is 2.10. The van der Waals surface area contributed by atoms with Crippen molar-refractivity contribution in [2.45, 2.75) is 20.8 Å². The molecule has 94 valence electrons. The summed E-state index contributed by atoms with van der Waals surface area (Å²) in [5, 5.41) is 0. The molecule has 2 aromatic rings. The standard InChI is InChI=1S/C15H17NO2/c1-10-7-14(5-6-15(10)18-4)16-11(2)8-13(9-17)12(16)3/h5-9H,1-4H3. The molecule has 18 heavy (non-hydrogen) atoms. The van der Waals surface area contributed by atoms with Crippen LogP contribution in [0, 0.1) is 20.8 Å². The van der Waals surface area contributed by atoms with Crippen LogP contribution in [-0.4, -0.2) is 18.0 Å². The van der Waals surface area contributed by atoms with E-state index in [-0.39, 0.29) is 0 Å². The lowest BCUT2D eigenvalue weighted by molar-refractivity contribution is 0.112. The molecular weight excluding hydrogens is 226 g/mol. The molecule has 1 aromatic heterocycles. The molecule has 0 aliphatic rings. The van der Waals surface area contributed by atoms with Gasteiger partial charge >= 0.3 is 0 Å². The lowest BCUT2D eigenvalue weighted by Gasteiger charge is -2.12. The zero-order valence-electron chi connectivity index (χ0n) is 11.2. The van der Waals surface area contributed by atoms with E-state index >= 15 is 0 Å². The van der Waals surface area contributed by atoms with Gasteiger partial charge in [-0.2, -0.15) is 0 Å². The minimum Gasteiger partial charge on any atom is -0.496 e. The zero-order chi connectivity index (χ0) is 13.3. The van der Waals surface area contributed by atoms with Crippen LogP contribution in [0.5, 0.6) is 5.75 Å². The average Bonchev–Trinajstić information content (AvgIpc) is 2.64. The molecular formula is C15H17NO2. The van der Waals surface area contributed by atoms with Crippen LogP contribution < -0.4 is 4.74 Å². The molecule has 0 bridgehead atoms. The SMILES string of the molecule is COc1ccc(-n2c(C)cc(C=O)c2C)cc1C. The van der Waals surface area contributed by atoms with E-state index < -0.39 is 0 Å². The smallest absolute Gasteiger partial charge is 0.151 e. The van der Waals surface area contributed by atoms with Gasteiger partial charge in [-0.3, -0.25) is 4.79 Å². The Hall–Kier alpha value is -2.03. The minimum atomic E-state index is 0.737. The van der Waals surface area contributed by atoms with Gasteiger partial charge in [0.15, 0.2) is 6.29 Å². The molecule has 0 spiro atoms. The Labute approximate surface area is 107 Å². The monoisotopic (exact) mass is 243 g/mol. The molecule has 0 atom stereocenters. The van der Waals surface area contributed by atoms with Gasteiger partial charge in [0, 0.05) is 22.6 Å². The number of benzene rings is 1. The number of aldehydes is 1. The summed E-state index contributed by atoms with van der Waals surface area (Å²) in [6.07, 6.45) is 0.898. The van der Waals surface area contributed by atoms with Gasteiger partial charge in [-0.25, -0.2) is 0 Å². The molecule has 0 amide bonds. The summed E-state index contributed by atoms with van der Waals surface area (Å²) < 4.78 is 7.34. The van der Waals surface area contributed by atoms with Crippen LogP contribution in [0.25, 0.3) is 5.69 Å². The third-order valence-electron chi connectivity index (χ3n) is 3.23. The summed E-state index contributed by atoms with van der Waals surface area (Å²) in [5.41, 5.74) is 4.89. The van der Waals surface area contributed by atoms with E-state index in [4.69, 9.17) is 4.74 Å². The number of carbonyl (C=O) groups excluding carboxylic acids is 1. The fraction of sp³-hybridized carbons (Fsp3) is 0.267. The van der Waals surface area contributed by atoms with E-state index in [0.29, 0.717) is 0 Å². The molecule has 1 aromatic carbocycles. The summed E-state index contributed by atoms with van der Waals surface area (Å²) in [5.74, 6) is 0.872. The molecule has 2 rings (SSSR count). The first-order valence-electron chi connectivity index (χ1n) is 5.87. The molecule has 3 heteroatoms. The third-order valence-corrected chi connectivity index (χ3v) is 3.23. The molecule has 3 nitrogen and oxygen atoms in total. The fourth-order valence-corrected chi connectivity index (χ4v) is 2.31. The van der Waals surface area contributed by atoms with E-state index in [1.165, 1.54) is 0 Å². The number of rotatable bonds is 3. The highest BCUT2D eigenvalue weighted by molar-refractivity contribution is 5.77. The summed E-state index contributed by atoms with van der Waals surface area (Å²) in [6.45, 7) is 5.97. The van der Waals surface area contributed by atoms with Crippen LogP contribution in [0.1, 0.15) is 27.3 Å². The molecule has 0 unspecified atom stereocenters. The lowest BCUT2D eigenvalue weighted by Crippen LogP contribution is -2.00.